The van der Waals surface area contributed by atoms with E-state index >= 15 is 0 Å². The van der Waals surface area contributed by atoms with Gasteiger partial charge in [-0.1, -0.05) is 69.9 Å². The molecule has 6 atom stereocenters. The molecule has 0 spiro atoms. The molecule has 4 aromatic rings. The molecular formula is C55H69N7O7. The highest BCUT2D eigenvalue weighted by Crippen LogP contribution is 2.42. The Morgan fingerprint density at radius 1 is 1.03 bits per heavy atom. The normalized spacial score (nSPS) is 22.8. The lowest BCUT2D eigenvalue weighted by Gasteiger charge is -2.37. The number of amides is 4. The van der Waals surface area contributed by atoms with Crippen LogP contribution in [0.25, 0.3) is 33.3 Å². The van der Waals surface area contributed by atoms with Crippen molar-refractivity contribution in [1.29, 1.82) is 0 Å². The molecule has 366 valence electrons. The number of hydrogen-bond acceptors (Lipinski definition) is 9. The van der Waals surface area contributed by atoms with Crippen molar-refractivity contribution in [2.24, 2.45) is 23.2 Å². The van der Waals surface area contributed by atoms with Crippen LogP contribution in [0.5, 0.6) is 0 Å². The lowest BCUT2D eigenvalue weighted by Crippen LogP contribution is -2.62. The first-order valence-electron chi connectivity index (χ1n) is 24.9. The Kier molecular flexibility index (Phi) is 15.0. The molecular weight excluding hydrogens is 871 g/mol. The predicted molar refractivity (Wildman–Crippen MR) is 265 cm³/mol. The average molecular weight is 940 g/mol. The second-order valence-corrected chi connectivity index (χ2v) is 20.5. The first kappa shape index (κ1) is 49.4. The Morgan fingerprint density at radius 3 is 2.54 bits per heavy atom. The van der Waals surface area contributed by atoms with Gasteiger partial charge in [0.1, 0.15) is 18.1 Å². The fourth-order valence-electron chi connectivity index (χ4n) is 11.3. The number of aryl methyl sites for hydroxylation is 1. The first-order chi connectivity index (χ1) is 33.1. The summed E-state index contributed by atoms with van der Waals surface area (Å²) >= 11 is 0. The van der Waals surface area contributed by atoms with E-state index in [4.69, 9.17) is 14.5 Å². The van der Waals surface area contributed by atoms with E-state index in [2.05, 4.69) is 84.3 Å². The summed E-state index contributed by atoms with van der Waals surface area (Å²) < 4.78 is 14.3. The number of pyridine rings is 1. The average Bonchev–Trinajstić information content (AvgIpc) is 4.10. The smallest absolute Gasteiger partial charge is 0.324 e. The summed E-state index contributed by atoms with van der Waals surface area (Å²) in [5.74, 6) is 2.81. The van der Waals surface area contributed by atoms with Crippen LogP contribution in [0.4, 0.5) is 0 Å². The van der Waals surface area contributed by atoms with Gasteiger partial charge in [0.25, 0.3) is 11.8 Å². The maximum Gasteiger partial charge on any atom is 0.324 e. The highest BCUT2D eigenvalue weighted by molar-refractivity contribution is 5.97. The molecule has 2 N–H and O–H groups in total. The van der Waals surface area contributed by atoms with E-state index in [1.807, 2.05) is 32.0 Å². The number of nitrogens with one attached hydrogen (secondary N) is 2. The number of hydrogen-bond donors (Lipinski definition) is 2. The third-order valence-corrected chi connectivity index (χ3v) is 15.0. The molecule has 5 heterocycles. The van der Waals surface area contributed by atoms with Crippen molar-refractivity contribution in [1.82, 2.24) is 35.1 Å². The molecule has 14 heteroatoms. The number of likely N-dealkylation sites (tertiary alicyclic amines) is 1. The third kappa shape index (κ3) is 10.3. The number of nitrogens with zero attached hydrogens (tertiary/aromatic N) is 5. The van der Waals surface area contributed by atoms with E-state index in [-0.39, 0.29) is 55.2 Å². The number of likely N-dealkylation sites (N-methyl/N-ethyl adjacent to an activating group) is 1. The molecule has 69 heavy (non-hydrogen) atoms. The highest BCUT2D eigenvalue weighted by atomic mass is 16.5. The minimum Gasteiger partial charge on any atom is -0.464 e. The van der Waals surface area contributed by atoms with Crippen molar-refractivity contribution in [2.75, 3.05) is 40.4 Å². The SMILES string of the molecule is CC#CC(=O)N1C[C@H](C)[C@H](C(=O)N(C)C(C(=O)N[C@H]2Cc3cccc(c3)-c3ccc4c(c3)c(c(-c3cccnc3[C@H](C)OC)n4CC)CC(C)(C)COC(=O)[C@@H]3CCCN(N3)C2=O)C2CCCC2)C1. The molecule has 1 aliphatic carbocycles. The number of fused-ring (bicyclic) bond motifs is 6. The maximum atomic E-state index is 15.0. The van der Waals surface area contributed by atoms with Crippen molar-refractivity contribution in [3.63, 3.8) is 0 Å². The van der Waals surface area contributed by atoms with E-state index in [1.54, 1.807) is 37.1 Å². The van der Waals surface area contributed by atoms with Crippen molar-refractivity contribution in [3.8, 4) is 34.2 Å². The minimum atomic E-state index is -1.04. The Morgan fingerprint density at radius 2 is 1.80 bits per heavy atom. The zero-order valence-electron chi connectivity index (χ0n) is 41.6. The largest absolute Gasteiger partial charge is 0.464 e. The number of rotatable bonds is 9. The standard InChI is InChI=1S/C55H69N7O7/c1-9-16-47(63)60-31-34(3)43(32-60)52(65)59(7)49(37-18-11-12-19-37)51(64)57-45-28-36-17-13-20-38(27-36)39-23-24-46-41(29-39)42(50(61(46)10-2)40-21-14-25-56-48(40)35(4)68-8)30-55(5,6)33-69-54(67)44-22-15-26-62(58-44)53(45)66/h13-14,17,20-21,23-25,27,29,34-35,37,43-45,49,58H,10-12,15,18-19,22,26,28,30-33H2,1-8H3,(H,57,64)/t34-,35-,43+,44-,45-,49?/m0/s1. The van der Waals surface area contributed by atoms with Crippen molar-refractivity contribution in [3.05, 3.63) is 77.6 Å². The van der Waals surface area contributed by atoms with Crippen LogP contribution < -0.4 is 10.7 Å². The fourth-order valence-corrected chi connectivity index (χ4v) is 11.3. The van der Waals surface area contributed by atoms with Crippen LogP contribution in [0, 0.1) is 35.0 Å². The number of ether oxygens (including phenoxy) is 2. The lowest BCUT2D eigenvalue weighted by atomic mass is 9.84. The van der Waals surface area contributed by atoms with Gasteiger partial charge in [0.15, 0.2) is 0 Å². The van der Waals surface area contributed by atoms with E-state index in [0.717, 1.165) is 75.8 Å². The molecule has 2 aromatic carbocycles. The molecule has 1 saturated carbocycles. The van der Waals surface area contributed by atoms with Gasteiger partial charge in [-0.3, -0.25) is 34.0 Å². The topological polar surface area (TPSA) is 155 Å². The maximum absolute atomic E-state index is 15.0. The molecule has 6 bridgehead atoms. The first-order valence-corrected chi connectivity index (χ1v) is 24.9. The van der Waals surface area contributed by atoms with Crippen LogP contribution in [0.1, 0.15) is 103 Å². The number of methoxy groups -OCH3 is 1. The molecule has 4 amide bonds. The zero-order chi connectivity index (χ0) is 49.1. The highest BCUT2D eigenvalue weighted by Gasteiger charge is 2.44. The minimum absolute atomic E-state index is 0.107. The van der Waals surface area contributed by atoms with E-state index in [0.29, 0.717) is 38.9 Å². The molecule has 2 saturated heterocycles. The fraction of sp³-hybridized carbons (Fsp3) is 0.527. The second kappa shape index (κ2) is 20.9. The van der Waals surface area contributed by atoms with Crippen LogP contribution >= 0.6 is 0 Å². The molecule has 4 aliphatic rings. The second-order valence-electron chi connectivity index (χ2n) is 20.5. The van der Waals surface area contributed by atoms with Gasteiger partial charge in [-0.05, 0) is 117 Å². The van der Waals surface area contributed by atoms with Gasteiger partial charge in [-0.25, -0.2) is 5.43 Å². The molecule has 1 unspecified atom stereocenters. The van der Waals surface area contributed by atoms with Gasteiger partial charge in [-0.2, -0.15) is 0 Å². The number of esters is 1. The number of carbonyl (C=O) groups excluding carboxylic acids is 5. The van der Waals surface area contributed by atoms with Gasteiger partial charge < -0.3 is 29.2 Å². The van der Waals surface area contributed by atoms with E-state index in [1.165, 1.54) is 5.01 Å². The summed E-state index contributed by atoms with van der Waals surface area (Å²) in [5, 5.41) is 5.72. The number of benzene rings is 2. The summed E-state index contributed by atoms with van der Waals surface area (Å²) in [5.41, 5.74) is 10.6. The van der Waals surface area contributed by atoms with E-state index in [9.17, 15) is 24.0 Å². The Balaban J connectivity index is 1.18. The Labute approximate surface area is 406 Å². The molecule has 8 rings (SSSR count). The van der Waals surface area contributed by atoms with Gasteiger partial charge in [-0.15, -0.1) is 0 Å². The summed E-state index contributed by atoms with van der Waals surface area (Å²) in [6.45, 7) is 13.8. The van der Waals surface area contributed by atoms with Crippen LogP contribution in [-0.2, 0) is 52.8 Å². The van der Waals surface area contributed by atoms with Crippen LogP contribution in [-0.4, -0.2) is 112 Å². The number of hydrazine groups is 1. The van der Waals surface area contributed by atoms with Crippen molar-refractivity contribution >= 4 is 40.5 Å². The molecule has 2 aromatic heterocycles. The molecule has 3 aliphatic heterocycles. The van der Waals surface area contributed by atoms with Crippen LogP contribution in [0.15, 0.2) is 60.8 Å². The van der Waals surface area contributed by atoms with Gasteiger partial charge in [0.05, 0.1) is 30.0 Å². The van der Waals surface area contributed by atoms with E-state index < -0.39 is 41.3 Å². The number of cyclic esters (lactones) is 1. The lowest BCUT2D eigenvalue weighted by molar-refractivity contribution is -0.155. The van der Waals surface area contributed by atoms with Gasteiger partial charge >= 0.3 is 5.97 Å². The summed E-state index contributed by atoms with van der Waals surface area (Å²) in [7, 11) is 3.38. The number of aromatic nitrogens is 2. The van der Waals surface area contributed by atoms with Crippen molar-refractivity contribution in [2.45, 2.75) is 124 Å². The van der Waals surface area contributed by atoms with Crippen LogP contribution in [0.2, 0.25) is 0 Å². The summed E-state index contributed by atoms with van der Waals surface area (Å²) in [6, 6.07) is 16.1. The quantitative estimate of drug-likeness (QED) is 0.135. The summed E-state index contributed by atoms with van der Waals surface area (Å²) in [6.07, 6.45) is 6.74. The predicted octanol–water partition coefficient (Wildman–Crippen LogP) is 6.88. The van der Waals surface area contributed by atoms with Gasteiger partial charge in [0.2, 0.25) is 11.8 Å². The molecule has 14 nitrogen and oxygen atoms in total. The monoisotopic (exact) mass is 940 g/mol. The Bertz CT molecular complexity index is 2660. The Hall–Kier alpha value is -6.04. The zero-order valence-corrected chi connectivity index (χ0v) is 41.6. The van der Waals surface area contributed by atoms with Gasteiger partial charge in [0, 0.05) is 74.8 Å². The van der Waals surface area contributed by atoms with Crippen LogP contribution in [0.3, 0.4) is 0 Å². The third-order valence-electron chi connectivity index (χ3n) is 15.0. The number of carbonyl (C=O) groups is 5. The molecule has 3 fully saturated rings. The molecule has 0 radical (unpaired) electrons. The summed E-state index contributed by atoms with van der Waals surface area (Å²) in [4.78, 5) is 79.0. The van der Waals surface area contributed by atoms with Crippen molar-refractivity contribution < 1.29 is 33.4 Å².